The maximum absolute atomic E-state index is 12.6. The fourth-order valence-corrected chi connectivity index (χ4v) is 3.94. The summed E-state index contributed by atoms with van der Waals surface area (Å²) >= 11 is 6.14. The highest BCUT2D eigenvalue weighted by Crippen LogP contribution is 2.23. The zero-order chi connectivity index (χ0) is 24.0. The highest BCUT2D eigenvalue weighted by Gasteiger charge is 2.19. The van der Waals surface area contributed by atoms with Gasteiger partial charge in [-0.05, 0) is 42.5 Å². The number of sulfonamides is 1. The van der Waals surface area contributed by atoms with Gasteiger partial charge in [-0.1, -0.05) is 41.9 Å². The molecule has 0 saturated heterocycles. The van der Waals surface area contributed by atoms with Crippen molar-refractivity contribution in [3.8, 4) is 5.75 Å². The minimum absolute atomic E-state index is 0.0608. The Kier molecular flexibility index (Phi) is 7.86. The van der Waals surface area contributed by atoms with E-state index < -0.39 is 28.4 Å². The summed E-state index contributed by atoms with van der Waals surface area (Å²) in [7, 11) is -0.759. The van der Waals surface area contributed by atoms with Crippen LogP contribution in [0.4, 0.5) is 0 Å². The monoisotopic (exact) mass is 487 g/mol. The van der Waals surface area contributed by atoms with E-state index in [2.05, 4.69) is 0 Å². The fraction of sp³-hybridized carbons (Fsp3) is 0.167. The highest BCUT2D eigenvalue weighted by molar-refractivity contribution is 7.89. The van der Waals surface area contributed by atoms with E-state index in [9.17, 15) is 18.0 Å². The molecule has 0 aliphatic carbocycles. The van der Waals surface area contributed by atoms with Crippen LogP contribution in [-0.2, 0) is 21.4 Å². The largest absolute Gasteiger partial charge is 0.488 e. The van der Waals surface area contributed by atoms with Gasteiger partial charge in [-0.25, -0.2) is 17.5 Å². The van der Waals surface area contributed by atoms with Crippen LogP contribution >= 0.6 is 11.6 Å². The summed E-state index contributed by atoms with van der Waals surface area (Å²) in [5.74, 6) is -0.885. The molecule has 0 heterocycles. The van der Waals surface area contributed by atoms with Crippen molar-refractivity contribution in [1.29, 1.82) is 0 Å². The number of nitrogens with zero attached hydrogens (tertiary/aromatic N) is 1. The first kappa shape index (κ1) is 24.4. The van der Waals surface area contributed by atoms with Crippen molar-refractivity contribution in [1.82, 2.24) is 4.31 Å². The predicted molar refractivity (Wildman–Crippen MR) is 124 cm³/mol. The summed E-state index contributed by atoms with van der Waals surface area (Å²) in [5.41, 5.74) is 1.16. The minimum atomic E-state index is -3.60. The maximum atomic E-state index is 12.6. The van der Waals surface area contributed by atoms with Crippen molar-refractivity contribution in [3.05, 3.63) is 94.5 Å². The summed E-state index contributed by atoms with van der Waals surface area (Å²) in [4.78, 5) is 25.1. The molecule has 0 atom stereocenters. The third kappa shape index (κ3) is 5.98. The van der Waals surface area contributed by atoms with Crippen LogP contribution < -0.4 is 4.74 Å². The molecule has 3 aromatic rings. The summed E-state index contributed by atoms with van der Waals surface area (Å²) in [6.07, 6.45) is 0. The molecule has 3 aromatic carbocycles. The van der Waals surface area contributed by atoms with Gasteiger partial charge in [0.15, 0.2) is 12.4 Å². The van der Waals surface area contributed by atoms with E-state index in [1.165, 1.54) is 44.4 Å². The molecule has 172 valence electrons. The van der Waals surface area contributed by atoms with Crippen LogP contribution in [0.5, 0.6) is 5.75 Å². The van der Waals surface area contributed by atoms with Crippen LogP contribution in [0.15, 0.2) is 77.7 Å². The third-order valence-electron chi connectivity index (χ3n) is 4.74. The Labute approximate surface area is 197 Å². The van der Waals surface area contributed by atoms with E-state index in [0.29, 0.717) is 10.8 Å². The lowest BCUT2D eigenvalue weighted by Gasteiger charge is -2.12. The van der Waals surface area contributed by atoms with Gasteiger partial charge in [0.25, 0.3) is 0 Å². The van der Waals surface area contributed by atoms with E-state index in [1.807, 2.05) is 18.2 Å². The van der Waals surface area contributed by atoms with Crippen molar-refractivity contribution in [2.45, 2.75) is 11.5 Å². The number of carbonyl (C=O) groups excluding carboxylic acids is 2. The first-order valence-electron chi connectivity index (χ1n) is 9.88. The molecule has 0 radical (unpaired) electrons. The number of ether oxygens (including phenoxy) is 2. The van der Waals surface area contributed by atoms with E-state index in [1.54, 1.807) is 24.3 Å². The van der Waals surface area contributed by atoms with E-state index in [-0.39, 0.29) is 22.6 Å². The summed E-state index contributed by atoms with van der Waals surface area (Å²) in [6, 6.07) is 19.2. The number of halogens is 1. The standard InChI is InChI=1S/C24H22ClNO6S/c1-26(2)33(29,30)19-13-11-17(12-14-19)22(27)16-32-24(28)20-8-4-6-10-23(20)31-15-18-7-3-5-9-21(18)25/h3-14H,15-16H2,1-2H3. The van der Waals surface area contributed by atoms with Gasteiger partial charge in [0.05, 0.1) is 4.90 Å². The highest BCUT2D eigenvalue weighted by atomic mass is 35.5. The van der Waals surface area contributed by atoms with Crippen molar-refractivity contribution in [3.63, 3.8) is 0 Å². The van der Waals surface area contributed by atoms with E-state index in [0.717, 1.165) is 9.87 Å². The Morgan fingerprint density at radius 3 is 2.21 bits per heavy atom. The van der Waals surface area contributed by atoms with Gasteiger partial charge in [0, 0.05) is 30.2 Å². The number of Topliss-reactive ketones (excluding diaryl/α,β-unsaturated/α-hetero) is 1. The fourth-order valence-electron chi connectivity index (χ4n) is 2.85. The molecule has 0 amide bonds. The van der Waals surface area contributed by atoms with Crippen LogP contribution in [0.3, 0.4) is 0 Å². The first-order chi connectivity index (χ1) is 15.7. The molecule has 0 aliphatic heterocycles. The Morgan fingerprint density at radius 1 is 0.909 bits per heavy atom. The van der Waals surface area contributed by atoms with Gasteiger partial charge < -0.3 is 9.47 Å². The molecule has 0 fully saturated rings. The summed E-state index contributed by atoms with van der Waals surface area (Å²) in [6.45, 7) is -0.345. The molecule has 33 heavy (non-hydrogen) atoms. The average molecular weight is 488 g/mol. The van der Waals surface area contributed by atoms with Crippen LogP contribution in [0, 0.1) is 0 Å². The van der Waals surface area contributed by atoms with Crippen LogP contribution in [0.1, 0.15) is 26.3 Å². The second-order valence-electron chi connectivity index (χ2n) is 7.19. The molecule has 0 bridgehead atoms. The maximum Gasteiger partial charge on any atom is 0.342 e. The van der Waals surface area contributed by atoms with Gasteiger partial charge in [0.2, 0.25) is 10.0 Å². The van der Waals surface area contributed by atoms with Crippen molar-refractivity contribution in [2.24, 2.45) is 0 Å². The number of carbonyl (C=O) groups is 2. The minimum Gasteiger partial charge on any atom is -0.488 e. The second-order valence-corrected chi connectivity index (χ2v) is 9.75. The number of benzene rings is 3. The zero-order valence-electron chi connectivity index (χ0n) is 18.0. The van der Waals surface area contributed by atoms with Crippen LogP contribution in [0.25, 0.3) is 0 Å². The van der Waals surface area contributed by atoms with Gasteiger partial charge >= 0.3 is 5.97 Å². The summed E-state index contributed by atoms with van der Waals surface area (Å²) in [5, 5.41) is 0.549. The van der Waals surface area contributed by atoms with Crippen molar-refractivity contribution < 1.29 is 27.5 Å². The lowest BCUT2D eigenvalue weighted by Crippen LogP contribution is -2.22. The van der Waals surface area contributed by atoms with Gasteiger partial charge in [0.1, 0.15) is 17.9 Å². The quantitative estimate of drug-likeness (QED) is 0.332. The predicted octanol–water partition coefficient (Wildman–Crippen LogP) is 4.21. The van der Waals surface area contributed by atoms with Crippen molar-refractivity contribution >= 4 is 33.4 Å². The van der Waals surface area contributed by atoms with Crippen LogP contribution in [-0.4, -0.2) is 45.2 Å². The average Bonchev–Trinajstić information content (AvgIpc) is 2.82. The smallest absolute Gasteiger partial charge is 0.342 e. The molecule has 0 saturated carbocycles. The molecule has 9 heteroatoms. The number of hydrogen-bond donors (Lipinski definition) is 0. The Balaban J connectivity index is 1.64. The molecule has 7 nitrogen and oxygen atoms in total. The topological polar surface area (TPSA) is 90.0 Å². The van der Waals surface area contributed by atoms with Gasteiger partial charge in [-0.2, -0.15) is 0 Å². The van der Waals surface area contributed by atoms with E-state index >= 15 is 0 Å². The Bertz CT molecular complexity index is 1260. The lowest BCUT2D eigenvalue weighted by molar-refractivity contribution is 0.0470. The van der Waals surface area contributed by atoms with Gasteiger partial charge in [-0.15, -0.1) is 0 Å². The van der Waals surface area contributed by atoms with Crippen molar-refractivity contribution in [2.75, 3.05) is 20.7 Å². The molecule has 0 N–H and O–H groups in total. The SMILES string of the molecule is CN(C)S(=O)(=O)c1ccc(C(=O)COC(=O)c2ccccc2OCc2ccccc2Cl)cc1. The number of rotatable bonds is 9. The normalized spacial score (nSPS) is 11.3. The number of ketones is 1. The Morgan fingerprint density at radius 2 is 1.55 bits per heavy atom. The molecule has 0 aromatic heterocycles. The molecular weight excluding hydrogens is 466 g/mol. The van der Waals surface area contributed by atoms with Crippen LogP contribution in [0.2, 0.25) is 5.02 Å². The Hall–Kier alpha value is -3.20. The second kappa shape index (κ2) is 10.6. The lowest BCUT2D eigenvalue weighted by atomic mass is 10.1. The van der Waals surface area contributed by atoms with E-state index in [4.69, 9.17) is 21.1 Å². The molecular formula is C24H22ClNO6S. The number of hydrogen-bond acceptors (Lipinski definition) is 6. The molecule has 0 spiro atoms. The molecule has 3 rings (SSSR count). The van der Waals surface area contributed by atoms with Gasteiger partial charge in [-0.3, -0.25) is 4.79 Å². The number of esters is 1. The molecule has 0 aliphatic rings. The third-order valence-corrected chi connectivity index (χ3v) is 6.94. The summed E-state index contributed by atoms with van der Waals surface area (Å²) < 4.78 is 36.3. The first-order valence-corrected chi connectivity index (χ1v) is 11.7. The molecule has 0 unspecified atom stereocenters. The zero-order valence-corrected chi connectivity index (χ0v) is 19.6. The number of para-hydroxylation sites is 1.